The SMILES string of the molecule is c1ccc(-c2nc3ccc4cccc(-c5ccc6ccc(N(c7ccccc7)c7ccc(-c8cccc9ccccc89)cc7)cc6c5)c4c3o2)cc1. The standard InChI is InChI=1S/C49H32N2O/c1-3-12-37(13-4-1)49-50-46-30-26-36-15-10-20-45(47(36)48(46)52-49)38-22-21-33-23-29-42(32-39(33)31-38)51(40-16-5-2-6-17-40)41-27-24-35(25-28-41)44-19-9-14-34-11-7-8-18-43(34)44/h1-32H. The maximum Gasteiger partial charge on any atom is 0.227 e. The number of para-hydroxylation sites is 1. The van der Waals surface area contributed by atoms with Crippen molar-refractivity contribution < 1.29 is 4.42 Å². The molecule has 0 spiro atoms. The summed E-state index contributed by atoms with van der Waals surface area (Å²) in [6.07, 6.45) is 0. The first-order valence-corrected chi connectivity index (χ1v) is 17.6. The van der Waals surface area contributed by atoms with Crippen LogP contribution in [0.5, 0.6) is 0 Å². The van der Waals surface area contributed by atoms with Crippen LogP contribution in [0.25, 0.3) is 77.1 Å². The molecule has 9 aromatic carbocycles. The molecule has 1 heterocycles. The summed E-state index contributed by atoms with van der Waals surface area (Å²) in [6.45, 7) is 0. The minimum absolute atomic E-state index is 0.632. The lowest BCUT2D eigenvalue weighted by molar-refractivity contribution is 0.623. The lowest BCUT2D eigenvalue weighted by Crippen LogP contribution is -2.09. The van der Waals surface area contributed by atoms with E-state index < -0.39 is 0 Å². The summed E-state index contributed by atoms with van der Waals surface area (Å²) < 4.78 is 6.51. The molecule has 244 valence electrons. The van der Waals surface area contributed by atoms with Crippen LogP contribution in [0.15, 0.2) is 199 Å². The highest BCUT2D eigenvalue weighted by Gasteiger charge is 2.17. The fourth-order valence-electron chi connectivity index (χ4n) is 7.53. The van der Waals surface area contributed by atoms with Crippen molar-refractivity contribution in [1.29, 1.82) is 0 Å². The molecule has 0 saturated carbocycles. The van der Waals surface area contributed by atoms with Gasteiger partial charge in [0.1, 0.15) is 5.52 Å². The van der Waals surface area contributed by atoms with E-state index in [4.69, 9.17) is 9.40 Å². The summed E-state index contributed by atoms with van der Waals surface area (Å²) >= 11 is 0. The van der Waals surface area contributed by atoms with Crippen molar-refractivity contribution in [3.8, 4) is 33.7 Å². The van der Waals surface area contributed by atoms with Crippen molar-refractivity contribution in [3.05, 3.63) is 194 Å². The van der Waals surface area contributed by atoms with Crippen LogP contribution in [0.4, 0.5) is 17.1 Å². The molecule has 3 heteroatoms. The zero-order valence-electron chi connectivity index (χ0n) is 28.3. The second-order valence-corrected chi connectivity index (χ2v) is 13.2. The number of anilines is 3. The van der Waals surface area contributed by atoms with Gasteiger partial charge in [-0.25, -0.2) is 4.98 Å². The van der Waals surface area contributed by atoms with E-state index in [1.54, 1.807) is 0 Å². The Balaban J connectivity index is 1.08. The highest BCUT2D eigenvalue weighted by atomic mass is 16.3. The van der Waals surface area contributed by atoms with E-state index in [1.807, 2.05) is 30.3 Å². The topological polar surface area (TPSA) is 29.3 Å². The van der Waals surface area contributed by atoms with E-state index >= 15 is 0 Å². The van der Waals surface area contributed by atoms with Crippen LogP contribution in [0.3, 0.4) is 0 Å². The zero-order valence-corrected chi connectivity index (χ0v) is 28.3. The molecule has 0 unspecified atom stereocenters. The Morgan fingerprint density at radius 1 is 0.385 bits per heavy atom. The number of aromatic nitrogens is 1. The fourth-order valence-corrected chi connectivity index (χ4v) is 7.53. The normalized spacial score (nSPS) is 11.5. The molecule has 1 aromatic heterocycles. The number of hydrogen-bond donors (Lipinski definition) is 0. The van der Waals surface area contributed by atoms with Crippen molar-refractivity contribution >= 4 is 60.5 Å². The zero-order chi connectivity index (χ0) is 34.4. The maximum atomic E-state index is 6.51. The summed E-state index contributed by atoms with van der Waals surface area (Å²) in [5.41, 5.74) is 10.6. The molecular weight excluding hydrogens is 633 g/mol. The molecule has 0 saturated heterocycles. The van der Waals surface area contributed by atoms with Crippen LogP contribution >= 0.6 is 0 Å². The van der Waals surface area contributed by atoms with E-state index in [1.165, 1.54) is 27.3 Å². The number of nitrogens with zero attached hydrogens (tertiary/aromatic N) is 2. The Labute approximate surface area is 301 Å². The minimum Gasteiger partial charge on any atom is -0.435 e. The molecule has 52 heavy (non-hydrogen) atoms. The largest absolute Gasteiger partial charge is 0.435 e. The van der Waals surface area contributed by atoms with Crippen molar-refractivity contribution in [3.63, 3.8) is 0 Å². The molecular formula is C49H32N2O. The maximum absolute atomic E-state index is 6.51. The van der Waals surface area contributed by atoms with Gasteiger partial charge in [-0.1, -0.05) is 133 Å². The first-order chi connectivity index (χ1) is 25.8. The van der Waals surface area contributed by atoms with Gasteiger partial charge in [0.15, 0.2) is 5.58 Å². The van der Waals surface area contributed by atoms with Gasteiger partial charge in [0.05, 0.1) is 0 Å². The van der Waals surface area contributed by atoms with Crippen molar-refractivity contribution in [2.24, 2.45) is 0 Å². The van der Waals surface area contributed by atoms with Gasteiger partial charge >= 0.3 is 0 Å². The molecule has 0 aliphatic rings. The van der Waals surface area contributed by atoms with Gasteiger partial charge in [-0.3, -0.25) is 0 Å². The van der Waals surface area contributed by atoms with Crippen LogP contribution in [-0.4, -0.2) is 4.98 Å². The van der Waals surface area contributed by atoms with Crippen LogP contribution < -0.4 is 4.90 Å². The van der Waals surface area contributed by atoms with Gasteiger partial charge in [0.25, 0.3) is 0 Å². The number of oxazole rings is 1. The van der Waals surface area contributed by atoms with Gasteiger partial charge in [-0.15, -0.1) is 0 Å². The molecule has 0 aliphatic heterocycles. The predicted octanol–water partition coefficient (Wildman–Crippen LogP) is 13.8. The summed E-state index contributed by atoms with van der Waals surface area (Å²) in [5, 5.41) is 7.04. The highest BCUT2D eigenvalue weighted by Crippen LogP contribution is 2.40. The van der Waals surface area contributed by atoms with Crippen LogP contribution in [0, 0.1) is 0 Å². The van der Waals surface area contributed by atoms with E-state index in [0.717, 1.165) is 61.0 Å². The van der Waals surface area contributed by atoms with E-state index in [2.05, 4.69) is 169 Å². The number of benzene rings is 9. The monoisotopic (exact) mass is 664 g/mol. The summed E-state index contributed by atoms with van der Waals surface area (Å²) in [6, 6.07) is 68.8. The first-order valence-electron chi connectivity index (χ1n) is 17.6. The molecule has 0 fully saturated rings. The second kappa shape index (κ2) is 12.4. The van der Waals surface area contributed by atoms with Gasteiger partial charge in [0.2, 0.25) is 5.89 Å². The lowest BCUT2D eigenvalue weighted by atomic mass is 9.95. The third-order valence-corrected chi connectivity index (χ3v) is 10.1. The summed E-state index contributed by atoms with van der Waals surface area (Å²) in [5.74, 6) is 0.632. The molecule has 10 aromatic rings. The summed E-state index contributed by atoms with van der Waals surface area (Å²) in [7, 11) is 0. The Hall–Kier alpha value is -6.97. The molecule has 10 rings (SSSR count). The van der Waals surface area contributed by atoms with E-state index in [0.29, 0.717) is 5.89 Å². The molecule has 0 amide bonds. The molecule has 0 N–H and O–H groups in total. The number of hydrogen-bond acceptors (Lipinski definition) is 3. The molecule has 0 radical (unpaired) electrons. The molecule has 0 bridgehead atoms. The lowest BCUT2D eigenvalue weighted by Gasteiger charge is -2.26. The van der Waals surface area contributed by atoms with Crippen LogP contribution in [0.1, 0.15) is 0 Å². The molecule has 0 aliphatic carbocycles. The Kier molecular flexibility index (Phi) is 7.14. The Morgan fingerprint density at radius 2 is 1.02 bits per heavy atom. The van der Waals surface area contributed by atoms with E-state index in [9.17, 15) is 0 Å². The average Bonchev–Trinajstić information content (AvgIpc) is 3.66. The number of fused-ring (bicyclic) bond motifs is 5. The second-order valence-electron chi connectivity index (χ2n) is 13.2. The van der Waals surface area contributed by atoms with Crippen molar-refractivity contribution in [2.45, 2.75) is 0 Å². The fraction of sp³-hybridized carbons (Fsp3) is 0. The Bertz CT molecular complexity index is 2890. The minimum atomic E-state index is 0.632. The van der Waals surface area contributed by atoms with Gasteiger partial charge in [-0.05, 0) is 110 Å². The Morgan fingerprint density at radius 3 is 1.87 bits per heavy atom. The van der Waals surface area contributed by atoms with Gasteiger partial charge in [0, 0.05) is 28.0 Å². The van der Waals surface area contributed by atoms with Gasteiger partial charge in [-0.2, -0.15) is 0 Å². The van der Waals surface area contributed by atoms with Crippen molar-refractivity contribution in [1.82, 2.24) is 4.98 Å². The van der Waals surface area contributed by atoms with Crippen molar-refractivity contribution in [2.75, 3.05) is 4.90 Å². The predicted molar refractivity (Wildman–Crippen MR) is 218 cm³/mol. The molecule has 0 atom stereocenters. The molecule has 3 nitrogen and oxygen atoms in total. The highest BCUT2D eigenvalue weighted by molar-refractivity contribution is 6.12. The van der Waals surface area contributed by atoms with Crippen LogP contribution in [0.2, 0.25) is 0 Å². The average molecular weight is 665 g/mol. The first kappa shape index (κ1) is 29.9. The third-order valence-electron chi connectivity index (χ3n) is 10.1. The number of rotatable bonds is 6. The third kappa shape index (κ3) is 5.19. The van der Waals surface area contributed by atoms with Crippen LogP contribution in [-0.2, 0) is 0 Å². The van der Waals surface area contributed by atoms with Gasteiger partial charge < -0.3 is 9.32 Å². The quantitative estimate of drug-likeness (QED) is 0.177. The van der Waals surface area contributed by atoms with E-state index in [-0.39, 0.29) is 0 Å². The smallest absolute Gasteiger partial charge is 0.227 e. The summed E-state index contributed by atoms with van der Waals surface area (Å²) in [4.78, 5) is 7.20.